The van der Waals surface area contributed by atoms with Gasteiger partial charge in [0.2, 0.25) is 5.91 Å². The van der Waals surface area contributed by atoms with Crippen molar-refractivity contribution in [2.75, 3.05) is 33.7 Å². The summed E-state index contributed by atoms with van der Waals surface area (Å²) in [5.74, 6) is 0.0138. The maximum Gasteiger partial charge on any atom is 0.226 e. The third-order valence-corrected chi connectivity index (χ3v) is 7.31. The van der Waals surface area contributed by atoms with Crippen LogP contribution in [0.15, 0.2) is 42.5 Å². The van der Waals surface area contributed by atoms with Crippen LogP contribution < -0.4 is 0 Å². The van der Waals surface area contributed by atoms with Crippen LogP contribution in [0.1, 0.15) is 43.4 Å². The lowest BCUT2D eigenvalue weighted by Gasteiger charge is -2.41. The van der Waals surface area contributed by atoms with E-state index in [0.717, 1.165) is 31.5 Å². The van der Waals surface area contributed by atoms with Crippen molar-refractivity contribution >= 4 is 17.5 Å². The Morgan fingerprint density at radius 3 is 2.47 bits per heavy atom. The fraction of sp³-hybridized carbons (Fsp3) is 0.500. The molecule has 5 nitrogen and oxygen atoms in total. The quantitative estimate of drug-likeness (QED) is 0.717. The van der Waals surface area contributed by atoms with Gasteiger partial charge in [0.15, 0.2) is 0 Å². The smallest absolute Gasteiger partial charge is 0.226 e. The summed E-state index contributed by atoms with van der Waals surface area (Å²) in [5.41, 5.74) is 2.88. The number of carbonyl (C=O) groups excluding carboxylic acids is 1. The van der Waals surface area contributed by atoms with E-state index in [1.54, 1.807) is 37.2 Å². The van der Waals surface area contributed by atoms with Gasteiger partial charge in [0.25, 0.3) is 0 Å². The highest BCUT2D eigenvalue weighted by Crippen LogP contribution is 2.51. The van der Waals surface area contributed by atoms with Crippen molar-refractivity contribution in [2.45, 2.75) is 44.3 Å². The molecule has 1 N–H and O–H groups in total. The summed E-state index contributed by atoms with van der Waals surface area (Å²) < 4.78 is 6.66. The molecule has 2 heterocycles. The molecule has 0 aliphatic carbocycles. The lowest BCUT2D eigenvalue weighted by Crippen LogP contribution is -2.47. The number of fused-ring (bicyclic) bond motifs is 2. The molecular formula is C26H33ClN2O3. The Hall–Kier alpha value is -2.08. The summed E-state index contributed by atoms with van der Waals surface area (Å²) in [5, 5.41) is 10.5. The van der Waals surface area contributed by atoms with Gasteiger partial charge >= 0.3 is 0 Å². The molecule has 1 fully saturated rings. The van der Waals surface area contributed by atoms with Crippen molar-refractivity contribution in [1.82, 2.24) is 9.80 Å². The summed E-state index contributed by atoms with van der Waals surface area (Å²) >= 11 is 6.36. The number of phenolic OH excluding ortho intramolecular Hbond substituents is 1. The first kappa shape index (κ1) is 23.1. The van der Waals surface area contributed by atoms with Gasteiger partial charge in [-0.1, -0.05) is 35.9 Å². The fourth-order valence-electron chi connectivity index (χ4n) is 5.36. The van der Waals surface area contributed by atoms with E-state index in [4.69, 9.17) is 16.3 Å². The van der Waals surface area contributed by atoms with Crippen molar-refractivity contribution in [3.63, 3.8) is 0 Å². The third-order valence-electron chi connectivity index (χ3n) is 6.95. The van der Waals surface area contributed by atoms with Crippen molar-refractivity contribution in [3.05, 3.63) is 64.2 Å². The van der Waals surface area contributed by atoms with Gasteiger partial charge < -0.3 is 19.6 Å². The van der Waals surface area contributed by atoms with E-state index in [-0.39, 0.29) is 28.8 Å². The molecular weight excluding hydrogens is 424 g/mol. The number of hydrogen-bond donors (Lipinski definition) is 1. The molecule has 172 valence electrons. The third kappa shape index (κ3) is 4.39. The Morgan fingerprint density at radius 1 is 1.16 bits per heavy atom. The number of aromatic hydroxyl groups is 1. The molecule has 2 aromatic carbocycles. The van der Waals surface area contributed by atoms with Gasteiger partial charge in [-0.05, 0) is 68.0 Å². The first-order valence-electron chi connectivity index (χ1n) is 11.3. The van der Waals surface area contributed by atoms with Gasteiger partial charge in [0.05, 0.1) is 17.1 Å². The van der Waals surface area contributed by atoms with Crippen LogP contribution in [0.4, 0.5) is 0 Å². The second kappa shape index (κ2) is 8.69. The number of rotatable bonds is 5. The monoisotopic (exact) mass is 456 g/mol. The predicted molar refractivity (Wildman–Crippen MR) is 127 cm³/mol. The second-order valence-electron chi connectivity index (χ2n) is 9.86. The van der Waals surface area contributed by atoms with E-state index in [1.165, 1.54) is 11.1 Å². The molecule has 6 heteroatoms. The van der Waals surface area contributed by atoms with E-state index in [2.05, 4.69) is 43.0 Å². The number of hydrogen-bond acceptors (Lipinski definition) is 4. The maximum absolute atomic E-state index is 13.0. The number of nitrogens with zero attached hydrogens (tertiary/aromatic N) is 2. The minimum absolute atomic E-state index is 0.0771. The average molecular weight is 457 g/mol. The number of benzene rings is 2. The van der Waals surface area contributed by atoms with Crippen LogP contribution in [0.3, 0.4) is 0 Å². The topological polar surface area (TPSA) is 53.0 Å². The molecule has 1 spiro atoms. The van der Waals surface area contributed by atoms with Crippen LogP contribution in [0.5, 0.6) is 5.75 Å². The van der Waals surface area contributed by atoms with Gasteiger partial charge in [-0.3, -0.25) is 4.79 Å². The van der Waals surface area contributed by atoms with Crippen molar-refractivity contribution in [2.24, 2.45) is 5.92 Å². The average Bonchev–Trinajstić information content (AvgIpc) is 2.98. The minimum Gasteiger partial charge on any atom is -0.508 e. The molecule has 32 heavy (non-hydrogen) atoms. The number of halogens is 1. The van der Waals surface area contributed by atoms with Gasteiger partial charge in [0, 0.05) is 38.8 Å². The Balaban J connectivity index is 1.49. The fourth-order valence-corrected chi connectivity index (χ4v) is 5.56. The Bertz CT molecular complexity index is 996. The van der Waals surface area contributed by atoms with Crippen LogP contribution in [0.2, 0.25) is 5.02 Å². The van der Waals surface area contributed by atoms with E-state index in [0.29, 0.717) is 18.0 Å². The molecule has 1 unspecified atom stereocenters. The minimum atomic E-state index is -0.283. The first-order valence-corrected chi connectivity index (χ1v) is 11.7. The van der Waals surface area contributed by atoms with Crippen molar-refractivity contribution in [1.29, 1.82) is 0 Å². The van der Waals surface area contributed by atoms with Crippen LogP contribution in [0.25, 0.3) is 0 Å². The highest BCUT2D eigenvalue weighted by atomic mass is 35.5. The molecule has 2 aromatic rings. The van der Waals surface area contributed by atoms with Gasteiger partial charge in [-0.15, -0.1) is 0 Å². The summed E-state index contributed by atoms with van der Waals surface area (Å²) in [7, 11) is 3.58. The predicted octanol–water partition coefficient (Wildman–Crippen LogP) is 4.55. The van der Waals surface area contributed by atoms with Crippen LogP contribution in [0, 0.1) is 5.92 Å². The first-order chi connectivity index (χ1) is 15.1. The number of amides is 1. The number of piperidine rings is 1. The molecule has 4 rings (SSSR count). The zero-order chi connectivity index (χ0) is 23.1. The lowest BCUT2D eigenvalue weighted by molar-refractivity contribution is -0.151. The van der Waals surface area contributed by atoms with Crippen molar-refractivity contribution in [3.8, 4) is 5.75 Å². The summed E-state index contributed by atoms with van der Waals surface area (Å²) in [6.45, 7) is 6.70. The van der Waals surface area contributed by atoms with E-state index < -0.39 is 0 Å². The van der Waals surface area contributed by atoms with Crippen LogP contribution >= 0.6 is 11.6 Å². The molecule has 1 atom stereocenters. The normalized spacial score (nSPS) is 20.2. The summed E-state index contributed by atoms with van der Waals surface area (Å²) in [6, 6.07) is 13.5. The van der Waals surface area contributed by atoms with E-state index in [9.17, 15) is 9.90 Å². The highest BCUT2D eigenvalue weighted by molar-refractivity contribution is 6.31. The second-order valence-corrected chi connectivity index (χ2v) is 10.3. The molecule has 1 amide bonds. The standard InChI is InChI=1S/C26H33ClN2O3/c1-25(2)21-7-5-6-8-22(21)26(32-25)11-13-29(14-12-26)17-19(24(31)28(3)4)15-18-16-20(30)9-10-23(18)27/h5-10,16,19,30H,11-15,17H2,1-4H3. The molecule has 0 radical (unpaired) electrons. The molecule has 0 saturated carbocycles. The largest absolute Gasteiger partial charge is 0.508 e. The Labute approximate surface area is 195 Å². The molecule has 2 aliphatic heterocycles. The Kier molecular flexibility index (Phi) is 6.27. The van der Waals surface area contributed by atoms with E-state index >= 15 is 0 Å². The van der Waals surface area contributed by atoms with Crippen LogP contribution in [-0.4, -0.2) is 54.5 Å². The zero-order valence-corrected chi connectivity index (χ0v) is 20.2. The lowest BCUT2D eigenvalue weighted by atomic mass is 9.82. The molecule has 2 aliphatic rings. The summed E-state index contributed by atoms with van der Waals surface area (Å²) in [6.07, 6.45) is 2.31. The van der Waals surface area contributed by atoms with Gasteiger partial charge in [0.1, 0.15) is 5.75 Å². The van der Waals surface area contributed by atoms with Crippen molar-refractivity contribution < 1.29 is 14.6 Å². The SMILES string of the molecule is CN(C)C(=O)C(Cc1cc(O)ccc1Cl)CN1CCC2(CC1)OC(C)(C)c1ccccc12. The van der Waals surface area contributed by atoms with E-state index in [1.807, 2.05) is 0 Å². The zero-order valence-electron chi connectivity index (χ0n) is 19.4. The molecule has 0 bridgehead atoms. The number of carbonyl (C=O) groups is 1. The van der Waals surface area contributed by atoms with Gasteiger partial charge in [-0.25, -0.2) is 0 Å². The maximum atomic E-state index is 13.0. The highest BCUT2D eigenvalue weighted by Gasteiger charge is 2.50. The van der Waals surface area contributed by atoms with Crippen LogP contribution in [-0.2, 0) is 27.2 Å². The number of ether oxygens (including phenoxy) is 1. The summed E-state index contributed by atoms with van der Waals surface area (Å²) in [4.78, 5) is 17.0. The number of likely N-dealkylation sites (tertiary alicyclic amines) is 1. The molecule has 1 saturated heterocycles. The molecule has 0 aromatic heterocycles. The number of phenols is 1. The van der Waals surface area contributed by atoms with Gasteiger partial charge in [-0.2, -0.15) is 0 Å². The Morgan fingerprint density at radius 2 is 1.81 bits per heavy atom.